The molecule has 0 bridgehead atoms. The smallest absolute Gasteiger partial charge is 0.127 e. The van der Waals surface area contributed by atoms with E-state index >= 15 is 0 Å². The van der Waals surface area contributed by atoms with E-state index < -0.39 is 16.1 Å². The summed E-state index contributed by atoms with van der Waals surface area (Å²) in [7, 11) is -2.70. The van der Waals surface area contributed by atoms with Crippen LogP contribution in [0.25, 0.3) is 11.1 Å². The Morgan fingerprint density at radius 3 is 1.29 bits per heavy atom. The third-order valence-electron chi connectivity index (χ3n) is 3.22. The fourth-order valence-corrected chi connectivity index (χ4v) is 3.11. The van der Waals surface area contributed by atoms with Gasteiger partial charge in [0.15, 0.2) is 0 Å². The zero-order valence-electron chi connectivity index (χ0n) is 15.6. The minimum absolute atomic E-state index is 1.09. The molecule has 0 aliphatic rings. The van der Waals surface area contributed by atoms with E-state index in [1.165, 1.54) is 11.1 Å². The molecule has 0 aromatic heterocycles. The van der Waals surface area contributed by atoms with Crippen LogP contribution in [0, 0.1) is 22.9 Å². The van der Waals surface area contributed by atoms with Gasteiger partial charge in [0.1, 0.15) is 16.1 Å². The standard InChI is InChI=1S/C22H26Si2/c1-23(2,3)15-13-19-9-7-11-21(17-19)22-12-8-10-20(18-22)14-16-24(4,5)6/h7-12,17-18H,1-6H3. The highest BCUT2D eigenvalue weighted by Gasteiger charge is 2.08. The maximum Gasteiger partial charge on any atom is 0.129 e. The molecule has 2 aromatic rings. The summed E-state index contributed by atoms with van der Waals surface area (Å²) in [4.78, 5) is 0. The molecule has 0 amide bonds. The molecular weight excluding hydrogens is 320 g/mol. The molecule has 0 aliphatic heterocycles. The van der Waals surface area contributed by atoms with Crippen LogP contribution in [0.2, 0.25) is 39.3 Å². The van der Waals surface area contributed by atoms with E-state index in [4.69, 9.17) is 0 Å². The molecule has 0 fully saturated rings. The number of benzene rings is 2. The Morgan fingerprint density at radius 2 is 0.958 bits per heavy atom. The largest absolute Gasteiger partial charge is 0.129 e. The molecule has 0 N–H and O–H groups in total. The first-order valence-corrected chi connectivity index (χ1v) is 15.4. The van der Waals surface area contributed by atoms with Crippen molar-refractivity contribution < 1.29 is 0 Å². The summed E-state index contributed by atoms with van der Waals surface area (Å²) in [5, 5.41) is 0. The summed E-state index contributed by atoms with van der Waals surface area (Å²) in [6, 6.07) is 17.0. The van der Waals surface area contributed by atoms with Gasteiger partial charge in [-0.1, -0.05) is 75.4 Å². The Balaban J connectivity index is 2.35. The average Bonchev–Trinajstić information content (AvgIpc) is 2.50. The molecule has 0 saturated carbocycles. The molecule has 0 unspecified atom stereocenters. The summed E-state index contributed by atoms with van der Waals surface area (Å²) in [6.45, 7) is 13.6. The second kappa shape index (κ2) is 7.26. The monoisotopic (exact) mass is 346 g/mol. The summed E-state index contributed by atoms with van der Waals surface area (Å²) < 4.78 is 0. The van der Waals surface area contributed by atoms with E-state index in [1.807, 2.05) is 0 Å². The lowest BCUT2D eigenvalue weighted by molar-refractivity contribution is 1.57. The lowest BCUT2D eigenvalue weighted by Gasteiger charge is -2.06. The quantitative estimate of drug-likeness (QED) is 0.451. The molecule has 2 aromatic carbocycles. The predicted octanol–water partition coefficient (Wildman–Crippen LogP) is 5.81. The van der Waals surface area contributed by atoms with Crippen molar-refractivity contribution in [1.29, 1.82) is 0 Å². The summed E-state index contributed by atoms with van der Waals surface area (Å²) in [5.41, 5.74) is 11.5. The van der Waals surface area contributed by atoms with Crippen LogP contribution in [-0.4, -0.2) is 16.1 Å². The Bertz CT molecular complexity index is 768. The van der Waals surface area contributed by atoms with Gasteiger partial charge in [0.2, 0.25) is 0 Å². The topological polar surface area (TPSA) is 0 Å². The van der Waals surface area contributed by atoms with E-state index in [9.17, 15) is 0 Å². The summed E-state index contributed by atoms with van der Waals surface area (Å²) >= 11 is 0. The van der Waals surface area contributed by atoms with Gasteiger partial charge in [0.25, 0.3) is 0 Å². The highest BCUT2D eigenvalue weighted by atomic mass is 28.3. The van der Waals surface area contributed by atoms with Gasteiger partial charge in [-0.25, -0.2) is 0 Å². The summed E-state index contributed by atoms with van der Waals surface area (Å²) in [5.74, 6) is 6.69. The van der Waals surface area contributed by atoms with Crippen molar-refractivity contribution in [2.75, 3.05) is 0 Å². The maximum absolute atomic E-state index is 3.44. The van der Waals surface area contributed by atoms with Gasteiger partial charge in [0.05, 0.1) is 0 Å². The van der Waals surface area contributed by atoms with Crippen molar-refractivity contribution in [1.82, 2.24) is 0 Å². The van der Waals surface area contributed by atoms with Gasteiger partial charge in [-0.2, -0.15) is 0 Å². The van der Waals surface area contributed by atoms with Crippen molar-refractivity contribution >= 4 is 16.1 Å². The van der Waals surface area contributed by atoms with Crippen LogP contribution in [0.4, 0.5) is 0 Å². The van der Waals surface area contributed by atoms with Crippen molar-refractivity contribution in [2.24, 2.45) is 0 Å². The van der Waals surface area contributed by atoms with Gasteiger partial charge in [-0.15, -0.1) is 11.1 Å². The molecular formula is C22H26Si2. The van der Waals surface area contributed by atoms with Gasteiger partial charge < -0.3 is 0 Å². The Labute approximate surface area is 149 Å². The minimum Gasteiger partial charge on any atom is -0.127 e. The van der Waals surface area contributed by atoms with Gasteiger partial charge in [-0.05, 0) is 35.4 Å². The number of hydrogen-bond acceptors (Lipinski definition) is 0. The van der Waals surface area contributed by atoms with Crippen LogP contribution in [-0.2, 0) is 0 Å². The lowest BCUT2D eigenvalue weighted by Crippen LogP contribution is -2.16. The van der Waals surface area contributed by atoms with Crippen LogP contribution in [0.15, 0.2) is 48.5 Å². The first kappa shape index (κ1) is 18.3. The number of rotatable bonds is 1. The highest BCUT2D eigenvalue weighted by molar-refractivity contribution is 6.84. The molecule has 2 heteroatoms. The van der Waals surface area contributed by atoms with Crippen molar-refractivity contribution in [3.05, 3.63) is 59.7 Å². The van der Waals surface area contributed by atoms with Crippen LogP contribution < -0.4 is 0 Å². The molecule has 0 radical (unpaired) electrons. The Morgan fingerprint density at radius 1 is 0.583 bits per heavy atom. The molecule has 0 nitrogen and oxygen atoms in total. The molecule has 2 rings (SSSR count). The van der Waals surface area contributed by atoms with E-state index in [2.05, 4.69) is 111 Å². The molecule has 0 saturated heterocycles. The zero-order chi connectivity index (χ0) is 17.8. The van der Waals surface area contributed by atoms with Crippen LogP contribution in [0.5, 0.6) is 0 Å². The molecule has 122 valence electrons. The lowest BCUT2D eigenvalue weighted by atomic mass is 10.0. The van der Waals surface area contributed by atoms with Gasteiger partial charge in [0, 0.05) is 11.1 Å². The van der Waals surface area contributed by atoms with Crippen LogP contribution in [0.1, 0.15) is 11.1 Å². The third-order valence-corrected chi connectivity index (χ3v) is 4.97. The van der Waals surface area contributed by atoms with Crippen molar-refractivity contribution in [2.45, 2.75) is 39.3 Å². The molecule has 0 spiro atoms. The first-order chi connectivity index (χ1) is 11.1. The highest BCUT2D eigenvalue weighted by Crippen LogP contribution is 2.21. The van der Waals surface area contributed by atoms with Gasteiger partial charge in [-0.3, -0.25) is 0 Å². The van der Waals surface area contributed by atoms with Crippen LogP contribution in [0.3, 0.4) is 0 Å². The van der Waals surface area contributed by atoms with Crippen LogP contribution >= 0.6 is 0 Å². The summed E-state index contributed by atoms with van der Waals surface area (Å²) in [6.07, 6.45) is 0. The van der Waals surface area contributed by atoms with Gasteiger partial charge >= 0.3 is 0 Å². The zero-order valence-corrected chi connectivity index (χ0v) is 17.6. The van der Waals surface area contributed by atoms with E-state index in [1.54, 1.807) is 0 Å². The second-order valence-electron chi connectivity index (χ2n) is 8.16. The Hall–Kier alpha value is -2.01. The molecule has 24 heavy (non-hydrogen) atoms. The van der Waals surface area contributed by atoms with E-state index in [0.717, 1.165) is 11.1 Å². The van der Waals surface area contributed by atoms with Crippen molar-refractivity contribution in [3.8, 4) is 34.1 Å². The average molecular weight is 347 g/mol. The molecule has 0 atom stereocenters. The fraction of sp³-hybridized carbons (Fsp3) is 0.273. The Kier molecular flexibility index (Phi) is 5.55. The second-order valence-corrected chi connectivity index (χ2v) is 17.7. The molecule has 0 aliphatic carbocycles. The van der Waals surface area contributed by atoms with Crippen molar-refractivity contribution in [3.63, 3.8) is 0 Å². The number of hydrogen-bond donors (Lipinski definition) is 0. The predicted molar refractivity (Wildman–Crippen MR) is 112 cm³/mol. The first-order valence-electron chi connectivity index (χ1n) is 8.39. The molecule has 0 heterocycles. The minimum atomic E-state index is -1.35. The maximum atomic E-state index is 3.44. The van der Waals surface area contributed by atoms with E-state index in [0.29, 0.717) is 0 Å². The fourth-order valence-electron chi connectivity index (χ4n) is 2.07. The normalized spacial score (nSPS) is 11.1. The third kappa shape index (κ3) is 6.24. The van der Waals surface area contributed by atoms with E-state index in [-0.39, 0.29) is 0 Å². The SMILES string of the molecule is C[Si](C)(C)C#Cc1cccc(-c2cccc(C#C[Si](C)(C)C)c2)c1.